The van der Waals surface area contributed by atoms with Gasteiger partial charge in [0.15, 0.2) is 5.65 Å². The molecule has 0 atom stereocenters. The maximum absolute atomic E-state index is 12.4. The predicted octanol–water partition coefficient (Wildman–Crippen LogP) is 5.54. The largest absolute Gasteiger partial charge is 0.356 e. The van der Waals surface area contributed by atoms with Crippen molar-refractivity contribution in [3.05, 3.63) is 49.1 Å². The zero-order chi connectivity index (χ0) is 25.6. The Bertz CT molecular complexity index is 1600. The van der Waals surface area contributed by atoms with Crippen LogP contribution in [0.1, 0.15) is 40.0 Å². The summed E-state index contributed by atoms with van der Waals surface area (Å²) in [5.41, 5.74) is 5.37. The number of hydrogen-bond acceptors (Lipinski definition) is 6. The average molecular weight is 495 g/mol. The van der Waals surface area contributed by atoms with Gasteiger partial charge in [-0.25, -0.2) is 9.97 Å². The molecule has 3 N–H and O–H groups in total. The molecular weight excluding hydrogens is 464 g/mol. The lowest BCUT2D eigenvalue weighted by atomic mass is 9.95. The molecule has 9 nitrogen and oxygen atoms in total. The van der Waals surface area contributed by atoms with Crippen LogP contribution in [0.15, 0.2) is 49.1 Å². The number of fused-ring (bicyclic) bond motifs is 2. The molecule has 188 valence electrons. The van der Waals surface area contributed by atoms with Crippen molar-refractivity contribution >= 4 is 39.3 Å². The summed E-state index contributed by atoms with van der Waals surface area (Å²) in [4.78, 5) is 32.0. The molecule has 6 heterocycles. The standard InChI is InChI=1S/C28H30N8O/c1-28(2,3)27(37)32-19-11-17(14-29-16-19)18-12-21-24(34-35-25(21)31-15-18)23-13-20-22(33-23)7-8-30-26(20)36-9-5-4-6-10-36/h7-8,11-16,33H,4-6,9-10H2,1-3H3,(H,32,37)(H,31,34,35). The van der Waals surface area contributed by atoms with E-state index in [4.69, 9.17) is 4.98 Å². The molecule has 0 aliphatic carbocycles. The Kier molecular flexibility index (Phi) is 5.62. The van der Waals surface area contributed by atoms with Crippen molar-refractivity contribution in [2.24, 2.45) is 5.41 Å². The van der Waals surface area contributed by atoms with Crippen LogP contribution in [0.3, 0.4) is 0 Å². The lowest BCUT2D eigenvalue weighted by Gasteiger charge is -2.28. The van der Waals surface area contributed by atoms with Gasteiger partial charge in [-0.15, -0.1) is 0 Å². The second-order valence-corrected chi connectivity index (χ2v) is 10.7. The Hall–Kier alpha value is -4.27. The second kappa shape index (κ2) is 8.99. The first-order chi connectivity index (χ1) is 17.9. The smallest absolute Gasteiger partial charge is 0.229 e. The Morgan fingerprint density at radius 1 is 0.973 bits per heavy atom. The lowest BCUT2D eigenvalue weighted by Crippen LogP contribution is -2.30. The van der Waals surface area contributed by atoms with Crippen molar-refractivity contribution in [3.63, 3.8) is 0 Å². The minimum atomic E-state index is -0.495. The van der Waals surface area contributed by atoms with E-state index in [0.717, 1.165) is 57.7 Å². The number of rotatable bonds is 4. The van der Waals surface area contributed by atoms with Crippen LogP contribution in [0.25, 0.3) is 44.5 Å². The molecular formula is C28H30N8O. The number of H-pyrrole nitrogens is 2. The monoisotopic (exact) mass is 494 g/mol. The van der Waals surface area contributed by atoms with Gasteiger partial charge in [0.05, 0.1) is 23.1 Å². The molecule has 0 unspecified atom stereocenters. The average Bonchev–Trinajstić information content (AvgIpc) is 3.52. The van der Waals surface area contributed by atoms with Crippen molar-refractivity contribution in [2.75, 3.05) is 23.3 Å². The number of amides is 1. The van der Waals surface area contributed by atoms with Crippen LogP contribution in [0, 0.1) is 5.41 Å². The minimum absolute atomic E-state index is 0.0608. The molecule has 37 heavy (non-hydrogen) atoms. The fraction of sp³-hybridized carbons (Fsp3) is 0.321. The normalized spacial score (nSPS) is 14.4. The maximum atomic E-state index is 12.4. The van der Waals surface area contributed by atoms with E-state index in [9.17, 15) is 4.79 Å². The van der Waals surface area contributed by atoms with Gasteiger partial charge in [-0.3, -0.25) is 14.9 Å². The first-order valence-corrected chi connectivity index (χ1v) is 12.7. The number of carbonyl (C=O) groups excluding carboxylic acids is 1. The zero-order valence-electron chi connectivity index (χ0n) is 21.3. The number of nitrogens with one attached hydrogen (secondary N) is 3. The first kappa shape index (κ1) is 23.1. The van der Waals surface area contributed by atoms with Gasteiger partial charge in [0, 0.05) is 59.0 Å². The minimum Gasteiger partial charge on any atom is -0.356 e. The van der Waals surface area contributed by atoms with Crippen LogP contribution >= 0.6 is 0 Å². The van der Waals surface area contributed by atoms with E-state index in [1.165, 1.54) is 19.3 Å². The highest BCUT2D eigenvalue weighted by atomic mass is 16.2. The topological polar surface area (TPSA) is 115 Å². The Morgan fingerprint density at radius 3 is 2.59 bits per heavy atom. The highest BCUT2D eigenvalue weighted by Gasteiger charge is 2.22. The van der Waals surface area contributed by atoms with E-state index in [-0.39, 0.29) is 5.91 Å². The van der Waals surface area contributed by atoms with E-state index < -0.39 is 5.41 Å². The molecule has 0 saturated carbocycles. The molecule has 5 aromatic rings. The number of carbonyl (C=O) groups is 1. The van der Waals surface area contributed by atoms with Crippen LogP contribution in [0.5, 0.6) is 0 Å². The number of anilines is 2. The summed E-state index contributed by atoms with van der Waals surface area (Å²) in [5, 5.41) is 12.6. The fourth-order valence-electron chi connectivity index (χ4n) is 4.78. The summed E-state index contributed by atoms with van der Waals surface area (Å²) in [6.07, 6.45) is 10.8. The van der Waals surface area contributed by atoms with Gasteiger partial charge >= 0.3 is 0 Å². The Balaban J connectivity index is 1.37. The highest BCUT2D eigenvalue weighted by Crippen LogP contribution is 2.34. The van der Waals surface area contributed by atoms with E-state index in [2.05, 4.69) is 47.5 Å². The van der Waals surface area contributed by atoms with Crippen LogP contribution in [0.2, 0.25) is 0 Å². The number of nitrogens with zero attached hydrogens (tertiary/aromatic N) is 5. The summed E-state index contributed by atoms with van der Waals surface area (Å²) in [6.45, 7) is 7.72. The summed E-state index contributed by atoms with van der Waals surface area (Å²) < 4.78 is 0. The van der Waals surface area contributed by atoms with Crippen molar-refractivity contribution in [3.8, 4) is 22.5 Å². The summed E-state index contributed by atoms with van der Waals surface area (Å²) in [5.74, 6) is 0.966. The summed E-state index contributed by atoms with van der Waals surface area (Å²) in [7, 11) is 0. The van der Waals surface area contributed by atoms with Gasteiger partial charge in [-0.1, -0.05) is 20.8 Å². The molecule has 9 heteroatoms. The number of piperidine rings is 1. The third kappa shape index (κ3) is 4.41. The number of aromatic amines is 2. The lowest BCUT2D eigenvalue weighted by molar-refractivity contribution is -0.123. The van der Waals surface area contributed by atoms with E-state index in [1.54, 1.807) is 18.6 Å². The van der Waals surface area contributed by atoms with Gasteiger partial charge in [-0.05, 0) is 43.5 Å². The number of hydrogen-bond donors (Lipinski definition) is 3. The van der Waals surface area contributed by atoms with Gasteiger partial charge in [-0.2, -0.15) is 5.10 Å². The van der Waals surface area contributed by atoms with Crippen molar-refractivity contribution < 1.29 is 4.79 Å². The molecule has 6 rings (SSSR count). The van der Waals surface area contributed by atoms with Gasteiger partial charge in [0.25, 0.3) is 0 Å². The molecule has 1 amide bonds. The van der Waals surface area contributed by atoms with Crippen molar-refractivity contribution in [1.82, 2.24) is 30.1 Å². The highest BCUT2D eigenvalue weighted by molar-refractivity contribution is 5.99. The molecule has 0 bridgehead atoms. The third-order valence-electron chi connectivity index (χ3n) is 6.86. The van der Waals surface area contributed by atoms with Gasteiger partial charge < -0.3 is 15.2 Å². The second-order valence-electron chi connectivity index (χ2n) is 10.7. The van der Waals surface area contributed by atoms with Crippen LogP contribution < -0.4 is 10.2 Å². The summed E-state index contributed by atoms with van der Waals surface area (Å²) >= 11 is 0. The molecule has 0 aromatic carbocycles. The number of aromatic nitrogens is 6. The third-order valence-corrected chi connectivity index (χ3v) is 6.86. The molecule has 0 radical (unpaired) electrons. The van der Waals surface area contributed by atoms with Gasteiger partial charge in [0.2, 0.25) is 5.91 Å². The SMILES string of the molecule is CC(C)(C)C(=O)Nc1cncc(-c2cnc3[nH]nc(-c4cc5c(N6CCCCC6)nccc5[nH]4)c3c2)c1. The zero-order valence-corrected chi connectivity index (χ0v) is 21.3. The Labute approximate surface area is 214 Å². The molecule has 1 saturated heterocycles. The predicted molar refractivity (Wildman–Crippen MR) is 146 cm³/mol. The summed E-state index contributed by atoms with van der Waals surface area (Å²) in [6, 6.07) is 8.12. The first-order valence-electron chi connectivity index (χ1n) is 12.7. The van der Waals surface area contributed by atoms with Crippen molar-refractivity contribution in [2.45, 2.75) is 40.0 Å². The molecule has 1 aliphatic rings. The Morgan fingerprint density at radius 2 is 1.78 bits per heavy atom. The quantitative estimate of drug-likeness (QED) is 0.302. The van der Waals surface area contributed by atoms with Crippen LogP contribution in [-0.4, -0.2) is 49.1 Å². The number of pyridine rings is 3. The fourth-order valence-corrected chi connectivity index (χ4v) is 4.78. The van der Waals surface area contributed by atoms with Crippen LogP contribution in [-0.2, 0) is 4.79 Å². The maximum Gasteiger partial charge on any atom is 0.229 e. The molecule has 1 aliphatic heterocycles. The van der Waals surface area contributed by atoms with E-state index in [0.29, 0.717) is 11.3 Å². The molecule has 1 fully saturated rings. The molecule has 5 aromatic heterocycles. The van der Waals surface area contributed by atoms with Gasteiger partial charge in [0.1, 0.15) is 11.5 Å². The molecule has 0 spiro atoms. The van der Waals surface area contributed by atoms with Crippen molar-refractivity contribution in [1.29, 1.82) is 0 Å². The van der Waals surface area contributed by atoms with E-state index in [1.807, 2.05) is 39.1 Å². The van der Waals surface area contributed by atoms with E-state index >= 15 is 0 Å². The van der Waals surface area contributed by atoms with Crippen LogP contribution in [0.4, 0.5) is 11.5 Å².